The first-order valence-corrected chi connectivity index (χ1v) is 11.3. The Balaban J connectivity index is 2.70. The van der Waals surface area contributed by atoms with Gasteiger partial charge in [-0.05, 0) is 58.8 Å². The Morgan fingerprint density at radius 3 is 2.00 bits per heavy atom. The van der Waals surface area contributed by atoms with Gasteiger partial charge in [0, 0.05) is 3.57 Å². The van der Waals surface area contributed by atoms with Crippen molar-refractivity contribution >= 4 is 41.0 Å². The lowest BCUT2D eigenvalue weighted by molar-refractivity contribution is 1.29. The van der Waals surface area contributed by atoms with Crippen LogP contribution in [0.25, 0.3) is 0 Å². The lowest BCUT2D eigenvalue weighted by Gasteiger charge is -2.33. The van der Waals surface area contributed by atoms with Crippen molar-refractivity contribution in [2.24, 2.45) is 0 Å². The summed E-state index contributed by atoms with van der Waals surface area (Å²) in [6.07, 6.45) is 7.06. The smallest absolute Gasteiger partial charge is 0.103 e. The molecule has 0 amide bonds. The fourth-order valence-corrected chi connectivity index (χ4v) is 8.03. The lowest BCUT2D eigenvalue weighted by Crippen LogP contribution is -2.58. The van der Waals surface area contributed by atoms with Gasteiger partial charge in [-0.3, -0.25) is 0 Å². The summed E-state index contributed by atoms with van der Waals surface area (Å²) < 4.78 is 1.27. The number of rotatable bonds is 8. The monoisotopic (exact) mass is 430 g/mol. The molecule has 2 aromatic carbocycles. The zero-order chi connectivity index (χ0) is 16.7. The first-order chi connectivity index (χ1) is 11.2. The highest BCUT2D eigenvalue weighted by atomic mass is 127. The molecule has 23 heavy (non-hydrogen) atoms. The van der Waals surface area contributed by atoms with Crippen LogP contribution in [0.5, 0.6) is 0 Å². The summed E-state index contributed by atoms with van der Waals surface area (Å²) in [7, 11) is -1.94. The minimum Gasteiger partial charge on any atom is -0.103 e. The first-order valence-electron chi connectivity index (χ1n) is 7.85. The van der Waals surface area contributed by atoms with Crippen LogP contribution in [0, 0.1) is 3.57 Å². The van der Waals surface area contributed by atoms with Crippen molar-refractivity contribution in [3.05, 3.63) is 95.6 Å². The lowest BCUT2D eigenvalue weighted by atomic mass is 10.1. The van der Waals surface area contributed by atoms with Crippen LogP contribution < -0.4 is 10.4 Å². The van der Waals surface area contributed by atoms with E-state index >= 15 is 0 Å². The summed E-state index contributed by atoms with van der Waals surface area (Å²) in [5, 5.41) is 2.94. The van der Waals surface area contributed by atoms with Crippen LogP contribution >= 0.6 is 22.6 Å². The Morgan fingerprint density at radius 1 is 0.826 bits per heavy atom. The number of halogens is 1. The maximum absolute atomic E-state index is 4.05. The number of hydrogen-bond acceptors (Lipinski definition) is 0. The van der Waals surface area contributed by atoms with E-state index in [1.54, 1.807) is 0 Å². The largest absolute Gasteiger partial charge is 0.125 e. The third-order valence-corrected chi connectivity index (χ3v) is 9.93. The number of hydrogen-bond donors (Lipinski definition) is 0. The molecule has 0 aliphatic heterocycles. The minimum atomic E-state index is -1.94. The van der Waals surface area contributed by atoms with E-state index in [9.17, 15) is 0 Å². The second-order valence-corrected chi connectivity index (χ2v) is 11.1. The van der Waals surface area contributed by atoms with Crippen molar-refractivity contribution in [1.82, 2.24) is 0 Å². The average Bonchev–Trinajstić information content (AvgIpc) is 2.56. The predicted molar refractivity (Wildman–Crippen MR) is 115 cm³/mol. The molecule has 0 heterocycles. The molecule has 0 radical (unpaired) electrons. The molecule has 0 N–H and O–H groups in total. The van der Waals surface area contributed by atoms with Gasteiger partial charge in [-0.25, -0.2) is 0 Å². The van der Waals surface area contributed by atoms with Crippen LogP contribution in [-0.4, -0.2) is 8.07 Å². The third kappa shape index (κ3) is 3.93. The van der Waals surface area contributed by atoms with Crippen LogP contribution in [0.2, 0.25) is 12.1 Å². The van der Waals surface area contributed by atoms with Gasteiger partial charge in [0.1, 0.15) is 8.07 Å². The van der Waals surface area contributed by atoms with E-state index in [1.807, 2.05) is 6.08 Å². The maximum atomic E-state index is 4.05. The summed E-state index contributed by atoms with van der Waals surface area (Å²) in [4.78, 5) is 0. The standard InChI is InChI=1S/C21H23ISi/c1-4-9-18-10-7-8-11-21(18)23(16-5-2,17-6-3)20-14-12-19(22)13-15-20/h4-8,10-15H,1-3,9,16-17H2. The molecular formula is C21H23ISi. The second-order valence-electron chi connectivity index (χ2n) is 5.72. The molecule has 118 valence electrons. The van der Waals surface area contributed by atoms with Crippen LogP contribution in [0.3, 0.4) is 0 Å². The highest BCUT2D eigenvalue weighted by Gasteiger charge is 2.36. The Bertz CT molecular complexity index is 675. The normalized spacial score (nSPS) is 11.0. The molecule has 0 saturated heterocycles. The van der Waals surface area contributed by atoms with Gasteiger partial charge in [-0.15, -0.1) is 19.7 Å². The molecule has 0 aromatic heterocycles. The zero-order valence-electron chi connectivity index (χ0n) is 13.5. The van der Waals surface area contributed by atoms with E-state index < -0.39 is 8.07 Å². The van der Waals surface area contributed by atoms with Crippen LogP contribution in [-0.2, 0) is 6.42 Å². The van der Waals surface area contributed by atoms with Gasteiger partial charge in [0.05, 0.1) is 0 Å². The van der Waals surface area contributed by atoms with Crippen molar-refractivity contribution in [2.75, 3.05) is 0 Å². The van der Waals surface area contributed by atoms with Gasteiger partial charge in [0.2, 0.25) is 0 Å². The van der Waals surface area contributed by atoms with Gasteiger partial charge in [0.15, 0.2) is 0 Å². The zero-order valence-corrected chi connectivity index (χ0v) is 16.6. The molecule has 2 rings (SSSR count). The predicted octanol–water partition coefficient (Wildman–Crippen LogP) is 4.95. The first kappa shape index (κ1) is 18.0. The van der Waals surface area contributed by atoms with E-state index in [1.165, 1.54) is 19.5 Å². The Labute approximate surface area is 154 Å². The molecular weight excluding hydrogens is 407 g/mol. The van der Waals surface area contributed by atoms with Crippen molar-refractivity contribution < 1.29 is 0 Å². The van der Waals surface area contributed by atoms with Crippen LogP contribution in [0.15, 0.2) is 86.5 Å². The summed E-state index contributed by atoms with van der Waals surface area (Å²) in [6.45, 7) is 12.0. The van der Waals surface area contributed by atoms with Crippen molar-refractivity contribution in [1.29, 1.82) is 0 Å². The molecule has 2 aromatic rings. The van der Waals surface area contributed by atoms with Gasteiger partial charge >= 0.3 is 0 Å². The van der Waals surface area contributed by atoms with E-state index in [4.69, 9.17) is 0 Å². The third-order valence-electron chi connectivity index (χ3n) is 4.28. The number of benzene rings is 2. The molecule has 0 nitrogen and oxygen atoms in total. The molecule has 0 atom stereocenters. The molecule has 0 spiro atoms. The van der Waals surface area contributed by atoms with Crippen molar-refractivity contribution in [2.45, 2.75) is 18.5 Å². The van der Waals surface area contributed by atoms with E-state index in [-0.39, 0.29) is 0 Å². The highest BCUT2D eigenvalue weighted by Crippen LogP contribution is 2.21. The average molecular weight is 430 g/mol. The highest BCUT2D eigenvalue weighted by molar-refractivity contribution is 14.1. The summed E-state index contributed by atoms with van der Waals surface area (Å²) >= 11 is 2.36. The van der Waals surface area contributed by atoms with E-state index in [0.29, 0.717) is 0 Å². The van der Waals surface area contributed by atoms with Crippen LogP contribution in [0.4, 0.5) is 0 Å². The van der Waals surface area contributed by atoms with Gasteiger partial charge in [0.25, 0.3) is 0 Å². The number of allylic oxidation sites excluding steroid dienone is 3. The molecule has 0 unspecified atom stereocenters. The summed E-state index contributed by atoms with van der Waals surface area (Å²) in [6, 6.07) is 19.9. The van der Waals surface area contributed by atoms with Gasteiger partial charge < -0.3 is 0 Å². The molecule has 0 fully saturated rings. The second kappa shape index (κ2) is 8.46. The molecule has 0 aliphatic carbocycles. The molecule has 0 bridgehead atoms. The topological polar surface area (TPSA) is 0 Å². The SMILES string of the molecule is C=CCc1ccccc1[Si](CC=C)(CC=C)c1ccc(I)cc1. The summed E-state index contributed by atoms with van der Waals surface area (Å²) in [5.74, 6) is 0. The minimum absolute atomic E-state index is 0.906. The van der Waals surface area contributed by atoms with E-state index in [0.717, 1.165) is 18.5 Å². The van der Waals surface area contributed by atoms with Crippen molar-refractivity contribution in [3.63, 3.8) is 0 Å². The molecule has 2 heteroatoms. The maximum Gasteiger partial charge on any atom is 0.125 e. The van der Waals surface area contributed by atoms with Crippen molar-refractivity contribution in [3.8, 4) is 0 Å². The summed E-state index contributed by atoms with van der Waals surface area (Å²) in [5.41, 5.74) is 1.39. The van der Waals surface area contributed by atoms with E-state index in [2.05, 4.69) is 103 Å². The fraction of sp³-hybridized carbons (Fsp3) is 0.143. The Morgan fingerprint density at radius 2 is 1.43 bits per heavy atom. The van der Waals surface area contributed by atoms with Gasteiger partial charge in [-0.2, -0.15) is 0 Å². The van der Waals surface area contributed by atoms with Crippen LogP contribution in [0.1, 0.15) is 5.56 Å². The quantitative estimate of drug-likeness (QED) is 0.316. The Kier molecular flexibility index (Phi) is 6.60. The molecule has 0 aliphatic rings. The molecule has 0 saturated carbocycles. The van der Waals surface area contributed by atoms with Gasteiger partial charge in [-0.1, -0.05) is 65.0 Å². The Hall–Kier alpha value is -1.39. The fourth-order valence-electron chi connectivity index (χ4n) is 3.28.